The average molecular weight is 249 g/mol. The van der Waals surface area contributed by atoms with Gasteiger partial charge in [0, 0.05) is 11.1 Å². The molecule has 0 aliphatic carbocycles. The number of hydrogen-bond acceptors (Lipinski definition) is 1. The van der Waals surface area contributed by atoms with Crippen LogP contribution in [0, 0.1) is 6.07 Å². The van der Waals surface area contributed by atoms with Crippen LogP contribution in [-0.2, 0) is 6.18 Å². The van der Waals surface area contributed by atoms with Crippen LogP contribution in [0.2, 0.25) is 0 Å². The Bertz CT molecular complexity index is 559. The van der Waals surface area contributed by atoms with Gasteiger partial charge in [-0.25, -0.2) is 0 Å². The molecule has 0 heterocycles. The van der Waals surface area contributed by atoms with Crippen LogP contribution in [0.1, 0.15) is 21.5 Å². The van der Waals surface area contributed by atoms with Crippen LogP contribution < -0.4 is 0 Å². The smallest absolute Gasteiger partial charge is 0.289 e. The summed E-state index contributed by atoms with van der Waals surface area (Å²) < 4.78 is 37.5. The van der Waals surface area contributed by atoms with Crippen molar-refractivity contribution in [2.75, 3.05) is 0 Å². The van der Waals surface area contributed by atoms with Crippen molar-refractivity contribution in [1.29, 1.82) is 0 Å². The Kier molecular flexibility index (Phi) is 3.19. The molecule has 0 aliphatic heterocycles. The molecule has 0 spiro atoms. The average Bonchev–Trinajstić information content (AvgIpc) is 2.38. The summed E-state index contributed by atoms with van der Waals surface area (Å²) >= 11 is 0. The maximum Gasteiger partial charge on any atom is 0.416 e. The van der Waals surface area contributed by atoms with Crippen molar-refractivity contribution in [3.05, 3.63) is 71.3 Å². The zero-order valence-corrected chi connectivity index (χ0v) is 9.16. The summed E-state index contributed by atoms with van der Waals surface area (Å²) in [4.78, 5) is 11.9. The van der Waals surface area contributed by atoms with Crippen LogP contribution in [0.5, 0.6) is 0 Å². The predicted molar refractivity (Wildman–Crippen MR) is 60.2 cm³/mol. The summed E-state index contributed by atoms with van der Waals surface area (Å²) in [5, 5.41) is 0. The Balaban J connectivity index is 2.38. The third-order valence-electron chi connectivity index (χ3n) is 2.41. The van der Waals surface area contributed by atoms with Gasteiger partial charge in [0.2, 0.25) is 0 Å². The number of carbonyl (C=O) groups is 1. The third-order valence-corrected chi connectivity index (χ3v) is 2.41. The largest absolute Gasteiger partial charge is 0.416 e. The van der Waals surface area contributed by atoms with Crippen LogP contribution in [0.4, 0.5) is 13.2 Å². The van der Waals surface area contributed by atoms with Gasteiger partial charge in [0.25, 0.3) is 0 Å². The van der Waals surface area contributed by atoms with E-state index in [4.69, 9.17) is 0 Å². The summed E-state index contributed by atoms with van der Waals surface area (Å²) in [5.74, 6) is -0.446. The summed E-state index contributed by atoms with van der Waals surface area (Å²) in [6, 6.07) is 13.4. The first-order valence-electron chi connectivity index (χ1n) is 5.16. The molecule has 4 heteroatoms. The number of hydrogen-bond donors (Lipinski definition) is 0. The Labute approximate surface area is 102 Å². The van der Waals surface area contributed by atoms with Crippen LogP contribution in [0.3, 0.4) is 0 Å². The summed E-state index contributed by atoms with van der Waals surface area (Å²) in [7, 11) is 0. The first-order valence-corrected chi connectivity index (χ1v) is 5.16. The first-order chi connectivity index (χ1) is 8.48. The van der Waals surface area contributed by atoms with Crippen molar-refractivity contribution in [2.45, 2.75) is 6.18 Å². The number of carbonyl (C=O) groups excluding carboxylic acids is 1. The van der Waals surface area contributed by atoms with E-state index in [1.54, 1.807) is 30.3 Å². The van der Waals surface area contributed by atoms with Gasteiger partial charge in [-0.3, -0.25) is 4.79 Å². The lowest BCUT2D eigenvalue weighted by Gasteiger charge is -2.07. The van der Waals surface area contributed by atoms with E-state index in [0.29, 0.717) is 5.56 Å². The highest BCUT2D eigenvalue weighted by molar-refractivity contribution is 6.09. The Morgan fingerprint density at radius 3 is 2.28 bits per heavy atom. The van der Waals surface area contributed by atoms with Crippen molar-refractivity contribution in [1.82, 2.24) is 0 Å². The number of alkyl halides is 3. The van der Waals surface area contributed by atoms with Crippen molar-refractivity contribution in [2.24, 2.45) is 0 Å². The fourth-order valence-corrected chi connectivity index (χ4v) is 1.52. The number of rotatable bonds is 2. The van der Waals surface area contributed by atoms with Crippen LogP contribution in [0.25, 0.3) is 0 Å². The summed E-state index contributed by atoms with van der Waals surface area (Å²) in [6.45, 7) is 0. The molecule has 0 fully saturated rings. The molecule has 0 amide bonds. The van der Waals surface area contributed by atoms with E-state index in [-0.39, 0.29) is 5.56 Å². The van der Waals surface area contributed by atoms with Gasteiger partial charge in [0.1, 0.15) is 0 Å². The Morgan fingerprint density at radius 1 is 1.00 bits per heavy atom. The molecular formula is C14H8F3O. The maximum atomic E-state index is 12.5. The van der Waals surface area contributed by atoms with Crippen molar-refractivity contribution in [3.63, 3.8) is 0 Å². The molecule has 2 rings (SSSR count). The third kappa shape index (κ3) is 2.59. The second-order valence-corrected chi connectivity index (χ2v) is 3.70. The highest BCUT2D eigenvalue weighted by Gasteiger charge is 2.31. The van der Waals surface area contributed by atoms with Gasteiger partial charge < -0.3 is 0 Å². The van der Waals surface area contributed by atoms with Gasteiger partial charge in [-0.05, 0) is 24.3 Å². The molecule has 0 atom stereocenters. The molecule has 0 aromatic heterocycles. The maximum absolute atomic E-state index is 12.5. The fourth-order valence-electron chi connectivity index (χ4n) is 1.52. The van der Waals surface area contributed by atoms with Crippen LogP contribution in [0.15, 0.2) is 48.5 Å². The molecule has 91 valence electrons. The van der Waals surface area contributed by atoms with Gasteiger partial charge in [-0.2, -0.15) is 13.2 Å². The van der Waals surface area contributed by atoms with Gasteiger partial charge >= 0.3 is 6.18 Å². The van der Waals surface area contributed by atoms with E-state index in [1.807, 2.05) is 0 Å². The molecule has 2 aromatic carbocycles. The predicted octanol–water partition coefficient (Wildman–Crippen LogP) is 3.74. The second kappa shape index (κ2) is 4.64. The molecule has 2 aromatic rings. The molecule has 0 aliphatic rings. The minimum atomic E-state index is -4.47. The fraction of sp³-hybridized carbons (Fsp3) is 0.0714. The molecular weight excluding hydrogens is 241 g/mol. The lowest BCUT2D eigenvalue weighted by Crippen LogP contribution is -2.08. The minimum Gasteiger partial charge on any atom is -0.289 e. The molecule has 0 unspecified atom stereocenters. The van der Waals surface area contributed by atoms with Crippen molar-refractivity contribution < 1.29 is 18.0 Å². The van der Waals surface area contributed by atoms with E-state index >= 15 is 0 Å². The second-order valence-electron chi connectivity index (χ2n) is 3.70. The first kappa shape index (κ1) is 12.4. The lowest BCUT2D eigenvalue weighted by atomic mass is 10.0. The minimum absolute atomic E-state index is 0.0176. The van der Waals surface area contributed by atoms with Crippen molar-refractivity contribution in [3.8, 4) is 0 Å². The zero-order chi connectivity index (χ0) is 13.2. The Hall–Kier alpha value is -2.10. The Morgan fingerprint density at radius 2 is 1.67 bits per heavy atom. The van der Waals surface area contributed by atoms with E-state index < -0.39 is 17.5 Å². The molecule has 0 N–H and O–H groups in total. The molecule has 1 radical (unpaired) electrons. The number of benzene rings is 2. The van der Waals surface area contributed by atoms with Gasteiger partial charge in [0.05, 0.1) is 5.56 Å². The van der Waals surface area contributed by atoms with E-state index in [0.717, 1.165) is 12.1 Å². The summed E-state index contributed by atoms with van der Waals surface area (Å²) in [6.07, 6.45) is -4.47. The van der Waals surface area contributed by atoms with Crippen LogP contribution in [-0.4, -0.2) is 5.78 Å². The van der Waals surface area contributed by atoms with Gasteiger partial charge in [-0.15, -0.1) is 0 Å². The van der Waals surface area contributed by atoms with E-state index in [9.17, 15) is 18.0 Å². The highest BCUT2D eigenvalue weighted by atomic mass is 19.4. The van der Waals surface area contributed by atoms with Gasteiger partial charge in [-0.1, -0.05) is 30.3 Å². The van der Waals surface area contributed by atoms with Gasteiger partial charge in [0.15, 0.2) is 5.78 Å². The normalized spacial score (nSPS) is 11.3. The monoisotopic (exact) mass is 249 g/mol. The number of halogens is 3. The SMILES string of the molecule is O=C(c1ccccc1)c1c[c]cc(C(F)(F)F)c1. The standard InChI is InChI=1S/C14H8F3O/c15-14(16,17)12-8-4-7-11(9-12)13(18)10-5-2-1-3-6-10/h1-3,5-9H. The van der Waals surface area contributed by atoms with Crippen LogP contribution >= 0.6 is 0 Å². The molecule has 1 nitrogen and oxygen atoms in total. The highest BCUT2D eigenvalue weighted by Crippen LogP contribution is 2.29. The van der Waals surface area contributed by atoms with E-state index in [1.165, 1.54) is 6.07 Å². The molecule has 0 bridgehead atoms. The summed E-state index contributed by atoms with van der Waals surface area (Å²) in [5.41, 5.74) is -0.537. The zero-order valence-electron chi connectivity index (χ0n) is 9.16. The molecule has 0 saturated heterocycles. The lowest BCUT2D eigenvalue weighted by molar-refractivity contribution is -0.137. The van der Waals surface area contributed by atoms with Crippen molar-refractivity contribution >= 4 is 5.78 Å². The topological polar surface area (TPSA) is 17.1 Å². The van der Waals surface area contributed by atoms with E-state index in [2.05, 4.69) is 6.07 Å². The number of ketones is 1. The molecule has 18 heavy (non-hydrogen) atoms. The molecule has 0 saturated carbocycles. The quantitative estimate of drug-likeness (QED) is 0.741.